The highest BCUT2D eigenvalue weighted by atomic mass is 16.5. The molecular formula is C18H18N4O. The molecule has 0 amide bonds. The van der Waals surface area contributed by atoms with E-state index in [-0.39, 0.29) is 0 Å². The first-order valence-electron chi connectivity index (χ1n) is 7.34. The quantitative estimate of drug-likeness (QED) is 0.717. The van der Waals surface area contributed by atoms with Gasteiger partial charge in [0.25, 0.3) is 0 Å². The highest BCUT2D eigenvalue weighted by molar-refractivity contribution is 5.60. The topological polar surface area (TPSA) is 59.1 Å². The van der Waals surface area contributed by atoms with Crippen molar-refractivity contribution in [2.75, 3.05) is 17.7 Å². The van der Waals surface area contributed by atoms with Crippen LogP contribution < -0.4 is 10.6 Å². The van der Waals surface area contributed by atoms with Crippen LogP contribution in [0.1, 0.15) is 5.69 Å². The molecule has 0 fully saturated rings. The maximum Gasteiger partial charge on any atom is 0.229 e. The predicted molar refractivity (Wildman–Crippen MR) is 92.2 cm³/mol. The molecule has 23 heavy (non-hydrogen) atoms. The van der Waals surface area contributed by atoms with Gasteiger partial charge in [-0.25, -0.2) is 4.98 Å². The summed E-state index contributed by atoms with van der Waals surface area (Å²) in [6.07, 6.45) is 0. The van der Waals surface area contributed by atoms with E-state index >= 15 is 0 Å². The number of benzene rings is 2. The van der Waals surface area contributed by atoms with Gasteiger partial charge in [0.2, 0.25) is 5.95 Å². The molecule has 2 aromatic carbocycles. The molecule has 0 spiro atoms. The molecular weight excluding hydrogens is 288 g/mol. The third-order valence-electron chi connectivity index (χ3n) is 3.15. The second-order valence-electron chi connectivity index (χ2n) is 4.98. The Hall–Kier alpha value is -2.92. The first kappa shape index (κ1) is 15.0. The molecule has 0 aliphatic rings. The largest absolute Gasteiger partial charge is 0.378 e. The van der Waals surface area contributed by atoms with Gasteiger partial charge in [0.05, 0.1) is 12.3 Å². The smallest absolute Gasteiger partial charge is 0.229 e. The van der Waals surface area contributed by atoms with E-state index in [1.807, 2.05) is 66.7 Å². The van der Waals surface area contributed by atoms with Crippen molar-refractivity contribution in [2.45, 2.75) is 6.61 Å². The summed E-state index contributed by atoms with van der Waals surface area (Å²) in [7, 11) is 1.65. The molecule has 0 aliphatic heterocycles. The van der Waals surface area contributed by atoms with Crippen molar-refractivity contribution in [1.29, 1.82) is 0 Å². The monoisotopic (exact) mass is 306 g/mol. The van der Waals surface area contributed by atoms with E-state index in [2.05, 4.69) is 20.6 Å². The van der Waals surface area contributed by atoms with Gasteiger partial charge >= 0.3 is 0 Å². The van der Waals surface area contributed by atoms with Gasteiger partial charge in [-0.2, -0.15) is 4.98 Å². The average Bonchev–Trinajstić information content (AvgIpc) is 2.57. The van der Waals surface area contributed by atoms with Crippen molar-refractivity contribution in [3.63, 3.8) is 0 Å². The molecule has 1 aromatic heterocycles. The minimum atomic E-state index is 0.426. The molecule has 5 nitrogen and oxygen atoms in total. The minimum Gasteiger partial charge on any atom is -0.378 e. The maximum absolute atomic E-state index is 5.19. The molecule has 0 saturated heterocycles. The molecule has 116 valence electrons. The number of methoxy groups -OCH3 is 1. The highest BCUT2D eigenvalue weighted by Crippen LogP contribution is 2.19. The van der Waals surface area contributed by atoms with Crippen molar-refractivity contribution in [1.82, 2.24) is 9.97 Å². The summed E-state index contributed by atoms with van der Waals surface area (Å²) in [4.78, 5) is 8.99. The van der Waals surface area contributed by atoms with Crippen LogP contribution in [0.3, 0.4) is 0 Å². The number of nitrogens with zero attached hydrogens (tertiary/aromatic N) is 2. The van der Waals surface area contributed by atoms with Gasteiger partial charge in [-0.1, -0.05) is 36.4 Å². The Morgan fingerprint density at radius 1 is 0.826 bits per heavy atom. The number of hydrogen-bond donors (Lipinski definition) is 2. The molecule has 2 N–H and O–H groups in total. The zero-order valence-electron chi connectivity index (χ0n) is 12.9. The molecule has 0 atom stereocenters. The van der Waals surface area contributed by atoms with E-state index in [0.29, 0.717) is 12.6 Å². The second-order valence-corrected chi connectivity index (χ2v) is 4.98. The van der Waals surface area contributed by atoms with E-state index in [0.717, 1.165) is 22.9 Å². The van der Waals surface area contributed by atoms with Gasteiger partial charge < -0.3 is 15.4 Å². The normalized spacial score (nSPS) is 10.3. The lowest BCUT2D eigenvalue weighted by molar-refractivity contribution is 0.181. The van der Waals surface area contributed by atoms with Crippen LogP contribution in [0.15, 0.2) is 66.7 Å². The fourth-order valence-electron chi connectivity index (χ4n) is 2.16. The SMILES string of the molecule is COCc1cc(Nc2ccccc2)nc(Nc2ccccc2)n1. The van der Waals surface area contributed by atoms with Crippen molar-refractivity contribution in [3.05, 3.63) is 72.4 Å². The molecule has 0 aliphatic carbocycles. The lowest BCUT2D eigenvalue weighted by Crippen LogP contribution is -2.04. The summed E-state index contributed by atoms with van der Waals surface area (Å²) >= 11 is 0. The third kappa shape index (κ3) is 4.28. The molecule has 1 heterocycles. The van der Waals surface area contributed by atoms with Gasteiger partial charge in [-0.3, -0.25) is 0 Å². The molecule has 0 saturated carbocycles. The fourth-order valence-corrected chi connectivity index (χ4v) is 2.16. The predicted octanol–water partition coefficient (Wildman–Crippen LogP) is 4.11. The Balaban J connectivity index is 1.86. The summed E-state index contributed by atoms with van der Waals surface area (Å²) in [5.74, 6) is 1.25. The number of ether oxygens (including phenoxy) is 1. The Morgan fingerprint density at radius 3 is 2.04 bits per heavy atom. The van der Waals surface area contributed by atoms with Crippen LogP contribution in [-0.4, -0.2) is 17.1 Å². The summed E-state index contributed by atoms with van der Waals surface area (Å²) in [6, 6.07) is 21.6. The summed E-state index contributed by atoms with van der Waals surface area (Å²) < 4.78 is 5.19. The Morgan fingerprint density at radius 2 is 1.43 bits per heavy atom. The van der Waals surface area contributed by atoms with Crippen LogP contribution in [-0.2, 0) is 11.3 Å². The number of para-hydroxylation sites is 2. The molecule has 5 heteroatoms. The van der Waals surface area contributed by atoms with E-state index in [9.17, 15) is 0 Å². The van der Waals surface area contributed by atoms with Crippen LogP contribution in [0.5, 0.6) is 0 Å². The first-order valence-corrected chi connectivity index (χ1v) is 7.34. The standard InChI is InChI=1S/C18H18N4O/c1-23-13-16-12-17(19-14-8-4-2-5-9-14)22-18(21-16)20-15-10-6-3-7-11-15/h2-12H,13H2,1H3,(H2,19,20,21,22). The van der Waals surface area contributed by atoms with E-state index in [4.69, 9.17) is 4.74 Å². The Bertz CT molecular complexity index is 688. The summed E-state index contributed by atoms with van der Waals surface area (Å²) in [5, 5.41) is 6.49. The van der Waals surface area contributed by atoms with E-state index < -0.39 is 0 Å². The fraction of sp³-hybridized carbons (Fsp3) is 0.111. The molecule has 3 rings (SSSR count). The number of rotatable bonds is 6. The van der Waals surface area contributed by atoms with Gasteiger partial charge in [0.15, 0.2) is 0 Å². The summed E-state index contributed by atoms with van der Waals surface area (Å²) in [5.41, 5.74) is 2.72. The number of hydrogen-bond acceptors (Lipinski definition) is 5. The van der Waals surface area contributed by atoms with E-state index in [1.165, 1.54) is 0 Å². The van der Waals surface area contributed by atoms with Gasteiger partial charge in [-0.05, 0) is 24.3 Å². The Kier molecular flexibility index (Phi) is 4.81. The van der Waals surface area contributed by atoms with Crippen LogP contribution in [0.25, 0.3) is 0 Å². The number of anilines is 4. The van der Waals surface area contributed by atoms with Gasteiger partial charge in [0, 0.05) is 24.6 Å². The second kappa shape index (κ2) is 7.38. The lowest BCUT2D eigenvalue weighted by atomic mass is 10.3. The lowest BCUT2D eigenvalue weighted by Gasteiger charge is -2.11. The van der Waals surface area contributed by atoms with Crippen molar-refractivity contribution >= 4 is 23.1 Å². The summed E-state index contributed by atoms with van der Waals surface area (Å²) in [6.45, 7) is 0.426. The van der Waals surface area contributed by atoms with Crippen LogP contribution in [0.2, 0.25) is 0 Å². The zero-order valence-corrected chi connectivity index (χ0v) is 12.9. The first-order chi connectivity index (χ1) is 11.3. The number of nitrogens with one attached hydrogen (secondary N) is 2. The van der Waals surface area contributed by atoms with Crippen LogP contribution in [0, 0.1) is 0 Å². The minimum absolute atomic E-state index is 0.426. The van der Waals surface area contributed by atoms with Crippen molar-refractivity contribution < 1.29 is 4.74 Å². The van der Waals surface area contributed by atoms with Crippen molar-refractivity contribution in [3.8, 4) is 0 Å². The van der Waals surface area contributed by atoms with E-state index in [1.54, 1.807) is 7.11 Å². The van der Waals surface area contributed by atoms with Crippen LogP contribution >= 0.6 is 0 Å². The molecule has 0 radical (unpaired) electrons. The highest BCUT2D eigenvalue weighted by Gasteiger charge is 2.06. The zero-order chi connectivity index (χ0) is 15.9. The number of aromatic nitrogens is 2. The van der Waals surface area contributed by atoms with Gasteiger partial charge in [0.1, 0.15) is 5.82 Å². The molecule has 3 aromatic rings. The van der Waals surface area contributed by atoms with Gasteiger partial charge in [-0.15, -0.1) is 0 Å². The molecule has 0 bridgehead atoms. The maximum atomic E-state index is 5.19. The average molecular weight is 306 g/mol. The molecule has 0 unspecified atom stereocenters. The van der Waals surface area contributed by atoms with Crippen LogP contribution in [0.4, 0.5) is 23.1 Å². The van der Waals surface area contributed by atoms with Crippen molar-refractivity contribution in [2.24, 2.45) is 0 Å². The Labute approximate surface area is 135 Å². The third-order valence-corrected chi connectivity index (χ3v) is 3.15.